The third-order valence-corrected chi connectivity index (χ3v) is 2.30. The Hall–Kier alpha value is -2.54. The highest BCUT2D eigenvalue weighted by molar-refractivity contribution is 5.43. The molecule has 0 fully saturated rings. The van der Waals surface area contributed by atoms with Gasteiger partial charge in [0, 0.05) is 12.7 Å². The van der Waals surface area contributed by atoms with E-state index in [2.05, 4.69) is 16.4 Å². The van der Waals surface area contributed by atoms with Crippen LogP contribution in [0.2, 0.25) is 0 Å². The van der Waals surface area contributed by atoms with Crippen molar-refractivity contribution in [2.24, 2.45) is 0 Å². The zero-order chi connectivity index (χ0) is 12.1. The SMILES string of the molecule is N#Cc1ccnc(NCc2ccc(O)cc2)c1. The number of nitrogens with zero attached hydrogens (tertiary/aromatic N) is 2. The Morgan fingerprint density at radius 1 is 1.24 bits per heavy atom. The molecule has 0 aliphatic rings. The molecule has 2 rings (SSSR count). The van der Waals surface area contributed by atoms with E-state index in [1.165, 1.54) is 0 Å². The molecule has 0 unspecified atom stereocenters. The number of phenolic OH excluding ortho intramolecular Hbond substituents is 1. The van der Waals surface area contributed by atoms with E-state index in [1.807, 2.05) is 12.1 Å². The van der Waals surface area contributed by atoms with E-state index in [-0.39, 0.29) is 5.75 Å². The van der Waals surface area contributed by atoms with Crippen molar-refractivity contribution in [3.63, 3.8) is 0 Å². The number of aromatic hydroxyl groups is 1. The summed E-state index contributed by atoms with van der Waals surface area (Å²) in [6.45, 7) is 0.599. The first-order chi connectivity index (χ1) is 8.28. The van der Waals surface area contributed by atoms with E-state index in [0.29, 0.717) is 17.9 Å². The van der Waals surface area contributed by atoms with Crippen molar-refractivity contribution in [3.05, 3.63) is 53.7 Å². The molecule has 1 heterocycles. The fourth-order valence-electron chi connectivity index (χ4n) is 1.40. The van der Waals surface area contributed by atoms with Crippen LogP contribution in [0, 0.1) is 11.3 Å². The fourth-order valence-corrected chi connectivity index (χ4v) is 1.40. The number of hydrogen-bond donors (Lipinski definition) is 2. The number of nitrogens with one attached hydrogen (secondary N) is 1. The standard InChI is InChI=1S/C13H11N3O/c14-8-11-5-6-15-13(7-11)16-9-10-1-3-12(17)4-2-10/h1-7,17H,9H2,(H,15,16). The van der Waals surface area contributed by atoms with Gasteiger partial charge in [0.15, 0.2) is 0 Å². The lowest BCUT2D eigenvalue weighted by Crippen LogP contribution is -2.01. The summed E-state index contributed by atoms with van der Waals surface area (Å²) in [6, 6.07) is 12.3. The van der Waals surface area contributed by atoms with Crippen molar-refractivity contribution >= 4 is 5.82 Å². The summed E-state index contributed by atoms with van der Waals surface area (Å²) in [7, 11) is 0. The Morgan fingerprint density at radius 3 is 2.71 bits per heavy atom. The number of nitriles is 1. The summed E-state index contributed by atoms with van der Waals surface area (Å²) in [5.74, 6) is 0.912. The van der Waals surface area contributed by atoms with Crippen molar-refractivity contribution in [1.29, 1.82) is 5.26 Å². The molecule has 0 atom stereocenters. The molecule has 0 saturated carbocycles. The first-order valence-electron chi connectivity index (χ1n) is 5.16. The lowest BCUT2D eigenvalue weighted by Gasteiger charge is -2.05. The van der Waals surface area contributed by atoms with Gasteiger partial charge in [-0.1, -0.05) is 12.1 Å². The lowest BCUT2D eigenvalue weighted by molar-refractivity contribution is 0.475. The van der Waals surface area contributed by atoms with Gasteiger partial charge in [0.1, 0.15) is 11.6 Å². The van der Waals surface area contributed by atoms with E-state index >= 15 is 0 Å². The molecule has 0 radical (unpaired) electrons. The topological polar surface area (TPSA) is 68.9 Å². The molecule has 0 saturated heterocycles. The highest BCUT2D eigenvalue weighted by Gasteiger charge is 1.97. The number of anilines is 1. The fraction of sp³-hybridized carbons (Fsp3) is 0.0769. The highest BCUT2D eigenvalue weighted by atomic mass is 16.3. The minimum absolute atomic E-state index is 0.248. The molecule has 1 aromatic carbocycles. The second-order valence-corrected chi connectivity index (χ2v) is 3.56. The molecular formula is C13H11N3O. The van der Waals surface area contributed by atoms with Crippen molar-refractivity contribution in [2.45, 2.75) is 6.54 Å². The van der Waals surface area contributed by atoms with Gasteiger partial charge < -0.3 is 10.4 Å². The molecule has 0 aliphatic carbocycles. The maximum absolute atomic E-state index is 9.14. The minimum atomic E-state index is 0.248. The van der Waals surface area contributed by atoms with Crippen LogP contribution in [-0.2, 0) is 6.54 Å². The Bertz CT molecular complexity index is 543. The molecular weight excluding hydrogens is 214 g/mol. The van der Waals surface area contributed by atoms with E-state index < -0.39 is 0 Å². The predicted molar refractivity (Wildman–Crippen MR) is 64.4 cm³/mol. The van der Waals surface area contributed by atoms with Gasteiger partial charge in [-0.3, -0.25) is 0 Å². The highest BCUT2D eigenvalue weighted by Crippen LogP contribution is 2.12. The van der Waals surface area contributed by atoms with Gasteiger partial charge in [-0.25, -0.2) is 4.98 Å². The number of benzene rings is 1. The molecule has 17 heavy (non-hydrogen) atoms. The van der Waals surface area contributed by atoms with Crippen LogP contribution < -0.4 is 5.32 Å². The van der Waals surface area contributed by atoms with Crippen LogP contribution in [0.15, 0.2) is 42.6 Å². The summed E-state index contributed by atoms with van der Waals surface area (Å²) in [6.07, 6.45) is 1.59. The minimum Gasteiger partial charge on any atom is -0.508 e. The van der Waals surface area contributed by atoms with Crippen LogP contribution in [0.1, 0.15) is 11.1 Å². The Morgan fingerprint density at radius 2 is 2.00 bits per heavy atom. The van der Waals surface area contributed by atoms with E-state index in [4.69, 9.17) is 10.4 Å². The molecule has 0 bridgehead atoms. The number of rotatable bonds is 3. The average Bonchev–Trinajstić information content (AvgIpc) is 2.38. The van der Waals surface area contributed by atoms with Gasteiger partial charge in [0.2, 0.25) is 0 Å². The van der Waals surface area contributed by atoms with Crippen LogP contribution in [0.4, 0.5) is 5.82 Å². The van der Waals surface area contributed by atoms with Crippen molar-refractivity contribution in [3.8, 4) is 11.8 Å². The molecule has 4 heteroatoms. The van der Waals surface area contributed by atoms with Gasteiger partial charge in [0.05, 0.1) is 11.6 Å². The first kappa shape index (κ1) is 11.0. The van der Waals surface area contributed by atoms with Crippen LogP contribution in [0.25, 0.3) is 0 Å². The van der Waals surface area contributed by atoms with Crippen molar-refractivity contribution < 1.29 is 5.11 Å². The summed E-state index contributed by atoms with van der Waals surface area (Å²) in [5, 5.41) is 21.0. The van der Waals surface area contributed by atoms with Crippen LogP contribution in [0.5, 0.6) is 5.75 Å². The van der Waals surface area contributed by atoms with Crippen LogP contribution in [0.3, 0.4) is 0 Å². The van der Waals surface area contributed by atoms with Gasteiger partial charge in [-0.15, -0.1) is 0 Å². The predicted octanol–water partition coefficient (Wildman–Crippen LogP) is 2.27. The summed E-state index contributed by atoms with van der Waals surface area (Å²) >= 11 is 0. The van der Waals surface area contributed by atoms with Gasteiger partial charge in [0.25, 0.3) is 0 Å². The maximum atomic E-state index is 9.14. The summed E-state index contributed by atoms with van der Waals surface area (Å²) in [5.41, 5.74) is 1.61. The Balaban J connectivity index is 2.02. The zero-order valence-electron chi connectivity index (χ0n) is 9.09. The smallest absolute Gasteiger partial charge is 0.127 e. The zero-order valence-corrected chi connectivity index (χ0v) is 9.09. The third kappa shape index (κ3) is 2.95. The van der Waals surface area contributed by atoms with Gasteiger partial charge in [-0.05, 0) is 29.8 Å². The van der Waals surface area contributed by atoms with E-state index in [1.54, 1.807) is 30.5 Å². The number of aromatic nitrogens is 1. The van der Waals surface area contributed by atoms with Gasteiger partial charge >= 0.3 is 0 Å². The maximum Gasteiger partial charge on any atom is 0.127 e. The van der Waals surface area contributed by atoms with Crippen LogP contribution in [-0.4, -0.2) is 10.1 Å². The molecule has 0 amide bonds. The third-order valence-electron chi connectivity index (χ3n) is 2.30. The van der Waals surface area contributed by atoms with Crippen molar-refractivity contribution in [1.82, 2.24) is 4.98 Å². The molecule has 4 nitrogen and oxygen atoms in total. The molecule has 0 aliphatic heterocycles. The number of phenols is 1. The molecule has 2 N–H and O–H groups in total. The lowest BCUT2D eigenvalue weighted by atomic mass is 10.2. The second-order valence-electron chi connectivity index (χ2n) is 3.56. The second kappa shape index (κ2) is 4.99. The van der Waals surface area contributed by atoms with Crippen molar-refractivity contribution in [2.75, 3.05) is 5.32 Å². The Kier molecular flexibility index (Phi) is 3.22. The molecule has 2 aromatic rings. The number of pyridine rings is 1. The largest absolute Gasteiger partial charge is 0.508 e. The van der Waals surface area contributed by atoms with Crippen LogP contribution >= 0.6 is 0 Å². The summed E-state index contributed by atoms with van der Waals surface area (Å²) in [4.78, 5) is 4.11. The monoisotopic (exact) mass is 225 g/mol. The van der Waals surface area contributed by atoms with E-state index in [9.17, 15) is 0 Å². The average molecular weight is 225 g/mol. The first-order valence-corrected chi connectivity index (χ1v) is 5.16. The summed E-state index contributed by atoms with van der Waals surface area (Å²) < 4.78 is 0. The normalized spacial score (nSPS) is 9.59. The Labute approximate surface area is 99.2 Å². The number of hydrogen-bond acceptors (Lipinski definition) is 4. The quantitative estimate of drug-likeness (QED) is 0.840. The molecule has 84 valence electrons. The van der Waals surface area contributed by atoms with E-state index in [0.717, 1.165) is 5.56 Å². The van der Waals surface area contributed by atoms with Gasteiger partial charge in [-0.2, -0.15) is 5.26 Å². The molecule has 1 aromatic heterocycles. The molecule has 0 spiro atoms.